The SMILES string of the molecule is CC(N)=Nc1cccc(C)c1. The van der Waals surface area contributed by atoms with E-state index in [0.717, 1.165) is 5.69 Å². The predicted molar refractivity (Wildman–Crippen MR) is 48.1 cm³/mol. The fourth-order valence-corrected chi connectivity index (χ4v) is 0.901. The number of rotatable bonds is 1. The molecule has 0 radical (unpaired) electrons. The highest BCUT2D eigenvalue weighted by atomic mass is 14.8. The van der Waals surface area contributed by atoms with Gasteiger partial charge >= 0.3 is 0 Å². The summed E-state index contributed by atoms with van der Waals surface area (Å²) in [4.78, 5) is 4.11. The molecule has 0 bridgehead atoms. The standard InChI is InChI=1S/C9H12N2/c1-7-4-3-5-9(6-7)11-8(2)10/h3-6H,1-2H3,(H2,10,11). The predicted octanol–water partition coefficient (Wildman–Crippen LogP) is 2.00. The second kappa shape index (κ2) is 3.19. The average Bonchev–Trinajstić information content (AvgIpc) is 1.85. The Bertz CT molecular complexity index is 273. The normalized spacial score (nSPS) is 11.6. The van der Waals surface area contributed by atoms with Gasteiger partial charge in [0.2, 0.25) is 0 Å². The third-order valence-electron chi connectivity index (χ3n) is 1.31. The molecule has 0 aliphatic carbocycles. The van der Waals surface area contributed by atoms with Crippen LogP contribution in [0.15, 0.2) is 29.3 Å². The maximum atomic E-state index is 5.42. The summed E-state index contributed by atoms with van der Waals surface area (Å²) < 4.78 is 0. The molecule has 0 spiro atoms. The first-order valence-electron chi connectivity index (χ1n) is 3.56. The molecule has 58 valence electrons. The first-order chi connectivity index (χ1) is 5.18. The molecule has 0 fully saturated rings. The van der Waals surface area contributed by atoms with Gasteiger partial charge in [0.15, 0.2) is 0 Å². The summed E-state index contributed by atoms with van der Waals surface area (Å²) in [7, 11) is 0. The van der Waals surface area contributed by atoms with E-state index in [2.05, 4.69) is 4.99 Å². The summed E-state index contributed by atoms with van der Waals surface area (Å²) in [5.41, 5.74) is 7.55. The van der Waals surface area contributed by atoms with Crippen LogP contribution < -0.4 is 5.73 Å². The number of hydrogen-bond donors (Lipinski definition) is 1. The molecule has 0 atom stereocenters. The number of aryl methyl sites for hydroxylation is 1. The fraction of sp³-hybridized carbons (Fsp3) is 0.222. The molecule has 0 aromatic heterocycles. The van der Waals surface area contributed by atoms with E-state index in [-0.39, 0.29) is 0 Å². The van der Waals surface area contributed by atoms with Gasteiger partial charge in [0.25, 0.3) is 0 Å². The van der Waals surface area contributed by atoms with Gasteiger partial charge in [-0.3, -0.25) is 0 Å². The first-order valence-corrected chi connectivity index (χ1v) is 3.56. The average molecular weight is 148 g/mol. The summed E-state index contributed by atoms with van der Waals surface area (Å²) in [6, 6.07) is 7.93. The van der Waals surface area contributed by atoms with Gasteiger partial charge in [-0.05, 0) is 31.5 Å². The van der Waals surface area contributed by atoms with Crippen LogP contribution in [0.4, 0.5) is 5.69 Å². The molecule has 2 heteroatoms. The molecule has 2 N–H and O–H groups in total. The molecule has 1 rings (SSSR count). The minimum atomic E-state index is 0.593. The minimum absolute atomic E-state index is 0.593. The van der Waals surface area contributed by atoms with Gasteiger partial charge in [-0.25, -0.2) is 4.99 Å². The van der Waals surface area contributed by atoms with E-state index in [4.69, 9.17) is 5.73 Å². The van der Waals surface area contributed by atoms with Crippen LogP contribution in [0.3, 0.4) is 0 Å². The van der Waals surface area contributed by atoms with E-state index in [1.807, 2.05) is 31.2 Å². The highest BCUT2D eigenvalue weighted by molar-refractivity contribution is 5.80. The fourth-order valence-electron chi connectivity index (χ4n) is 0.901. The highest BCUT2D eigenvalue weighted by Crippen LogP contribution is 2.12. The van der Waals surface area contributed by atoms with E-state index >= 15 is 0 Å². The van der Waals surface area contributed by atoms with Crippen molar-refractivity contribution < 1.29 is 0 Å². The first kappa shape index (κ1) is 7.79. The van der Waals surface area contributed by atoms with Crippen molar-refractivity contribution in [3.63, 3.8) is 0 Å². The number of hydrogen-bond acceptors (Lipinski definition) is 1. The van der Waals surface area contributed by atoms with Gasteiger partial charge in [0.05, 0.1) is 11.5 Å². The maximum Gasteiger partial charge on any atom is 0.0964 e. The summed E-state index contributed by atoms with van der Waals surface area (Å²) in [5, 5.41) is 0. The van der Waals surface area contributed by atoms with Crippen LogP contribution in [-0.4, -0.2) is 5.84 Å². The third kappa shape index (κ3) is 2.42. The molecule has 0 amide bonds. The van der Waals surface area contributed by atoms with Crippen LogP contribution in [0, 0.1) is 6.92 Å². The molecule has 0 aliphatic rings. The molecule has 0 unspecified atom stereocenters. The van der Waals surface area contributed by atoms with Gasteiger partial charge < -0.3 is 5.73 Å². The Hall–Kier alpha value is -1.31. The highest BCUT2D eigenvalue weighted by Gasteiger charge is 1.88. The quantitative estimate of drug-likeness (QED) is 0.480. The molecule has 0 saturated carbocycles. The number of nitrogens with zero attached hydrogens (tertiary/aromatic N) is 1. The smallest absolute Gasteiger partial charge is 0.0964 e. The molecule has 0 aliphatic heterocycles. The Morgan fingerprint density at radius 1 is 1.45 bits per heavy atom. The van der Waals surface area contributed by atoms with Crippen molar-refractivity contribution >= 4 is 11.5 Å². The molecule has 2 nitrogen and oxygen atoms in total. The number of nitrogens with two attached hydrogens (primary N) is 1. The van der Waals surface area contributed by atoms with Crippen LogP contribution in [0.5, 0.6) is 0 Å². The Morgan fingerprint density at radius 2 is 2.18 bits per heavy atom. The lowest BCUT2D eigenvalue weighted by Crippen LogP contribution is -2.03. The Labute approximate surface area is 66.8 Å². The lowest BCUT2D eigenvalue weighted by molar-refractivity contribution is 1.40. The largest absolute Gasteiger partial charge is 0.387 e. The zero-order valence-electron chi connectivity index (χ0n) is 6.83. The second-order valence-corrected chi connectivity index (χ2v) is 2.59. The Morgan fingerprint density at radius 3 is 2.73 bits per heavy atom. The summed E-state index contributed by atoms with van der Waals surface area (Å²) in [6.45, 7) is 3.81. The van der Waals surface area contributed by atoms with Crippen molar-refractivity contribution in [2.45, 2.75) is 13.8 Å². The topological polar surface area (TPSA) is 38.4 Å². The Kier molecular flexibility index (Phi) is 2.26. The van der Waals surface area contributed by atoms with Crippen LogP contribution in [0.2, 0.25) is 0 Å². The lowest BCUT2D eigenvalue weighted by atomic mass is 10.2. The minimum Gasteiger partial charge on any atom is -0.387 e. The zero-order valence-corrected chi connectivity index (χ0v) is 6.83. The molecule has 0 heterocycles. The monoisotopic (exact) mass is 148 g/mol. The van der Waals surface area contributed by atoms with Crippen molar-refractivity contribution in [1.82, 2.24) is 0 Å². The van der Waals surface area contributed by atoms with Gasteiger partial charge in [0, 0.05) is 0 Å². The molecule has 0 saturated heterocycles. The van der Waals surface area contributed by atoms with Crippen molar-refractivity contribution in [2.75, 3.05) is 0 Å². The summed E-state index contributed by atoms with van der Waals surface area (Å²) in [6.07, 6.45) is 0. The summed E-state index contributed by atoms with van der Waals surface area (Å²) >= 11 is 0. The maximum absolute atomic E-state index is 5.42. The number of benzene rings is 1. The van der Waals surface area contributed by atoms with Gasteiger partial charge in [-0.1, -0.05) is 12.1 Å². The second-order valence-electron chi connectivity index (χ2n) is 2.59. The summed E-state index contributed by atoms with van der Waals surface area (Å²) in [5.74, 6) is 0.593. The molecular formula is C9H12N2. The van der Waals surface area contributed by atoms with Crippen molar-refractivity contribution in [3.05, 3.63) is 29.8 Å². The van der Waals surface area contributed by atoms with Crippen molar-refractivity contribution in [1.29, 1.82) is 0 Å². The van der Waals surface area contributed by atoms with E-state index in [9.17, 15) is 0 Å². The number of aliphatic imine (C=N–C) groups is 1. The van der Waals surface area contributed by atoms with Gasteiger partial charge in [-0.15, -0.1) is 0 Å². The van der Waals surface area contributed by atoms with Crippen molar-refractivity contribution in [3.8, 4) is 0 Å². The van der Waals surface area contributed by atoms with Crippen LogP contribution >= 0.6 is 0 Å². The van der Waals surface area contributed by atoms with E-state index in [1.54, 1.807) is 6.92 Å². The molecule has 11 heavy (non-hydrogen) atoms. The van der Waals surface area contributed by atoms with Crippen LogP contribution in [0.25, 0.3) is 0 Å². The molecular weight excluding hydrogens is 136 g/mol. The van der Waals surface area contributed by atoms with Crippen LogP contribution in [-0.2, 0) is 0 Å². The molecule has 1 aromatic carbocycles. The molecule has 1 aromatic rings. The van der Waals surface area contributed by atoms with Gasteiger partial charge in [-0.2, -0.15) is 0 Å². The van der Waals surface area contributed by atoms with E-state index < -0.39 is 0 Å². The van der Waals surface area contributed by atoms with Crippen LogP contribution in [0.1, 0.15) is 12.5 Å². The Balaban J connectivity index is 2.97. The van der Waals surface area contributed by atoms with E-state index in [1.165, 1.54) is 5.56 Å². The lowest BCUT2D eigenvalue weighted by Gasteiger charge is -1.95. The number of amidine groups is 1. The zero-order chi connectivity index (χ0) is 8.27. The van der Waals surface area contributed by atoms with Crippen molar-refractivity contribution in [2.24, 2.45) is 10.7 Å². The van der Waals surface area contributed by atoms with E-state index in [0.29, 0.717) is 5.84 Å². The van der Waals surface area contributed by atoms with Gasteiger partial charge in [0.1, 0.15) is 0 Å². The third-order valence-corrected chi connectivity index (χ3v) is 1.31.